The van der Waals surface area contributed by atoms with Crippen molar-refractivity contribution in [2.24, 2.45) is 5.92 Å². The normalized spacial score (nSPS) is 14.5. The number of rotatable bonds is 6. The summed E-state index contributed by atoms with van der Waals surface area (Å²) >= 11 is 0. The SMILES string of the molecule is CCC(CC)C(=O)Nc1ccc(N2CCN(c3ccccc3F)CC2)cc1. The molecular weight excluding hydrogens is 341 g/mol. The molecule has 1 amide bonds. The minimum atomic E-state index is -0.163. The molecule has 1 aliphatic rings. The van der Waals surface area contributed by atoms with Gasteiger partial charge in [-0.15, -0.1) is 0 Å². The third-order valence-corrected chi connectivity index (χ3v) is 5.33. The summed E-state index contributed by atoms with van der Waals surface area (Å²) in [4.78, 5) is 16.6. The van der Waals surface area contributed by atoms with E-state index < -0.39 is 0 Å². The fourth-order valence-electron chi connectivity index (χ4n) is 3.57. The Morgan fingerprint density at radius 1 is 0.963 bits per heavy atom. The Bertz CT molecular complexity index is 750. The summed E-state index contributed by atoms with van der Waals surface area (Å²) in [7, 11) is 0. The largest absolute Gasteiger partial charge is 0.368 e. The number of halogens is 1. The molecule has 0 bridgehead atoms. The lowest BCUT2D eigenvalue weighted by Crippen LogP contribution is -2.46. The van der Waals surface area contributed by atoms with Gasteiger partial charge in [-0.1, -0.05) is 26.0 Å². The van der Waals surface area contributed by atoms with Crippen LogP contribution in [0.15, 0.2) is 48.5 Å². The highest BCUT2D eigenvalue weighted by molar-refractivity contribution is 5.92. The third-order valence-electron chi connectivity index (χ3n) is 5.33. The van der Waals surface area contributed by atoms with Crippen LogP contribution in [0.25, 0.3) is 0 Å². The van der Waals surface area contributed by atoms with Crippen molar-refractivity contribution < 1.29 is 9.18 Å². The molecule has 0 radical (unpaired) electrons. The maximum Gasteiger partial charge on any atom is 0.227 e. The van der Waals surface area contributed by atoms with E-state index in [1.165, 1.54) is 6.07 Å². The Balaban J connectivity index is 1.57. The number of nitrogens with zero attached hydrogens (tertiary/aromatic N) is 2. The molecule has 0 aliphatic carbocycles. The van der Waals surface area contributed by atoms with Gasteiger partial charge in [-0.05, 0) is 49.2 Å². The summed E-state index contributed by atoms with van der Waals surface area (Å²) in [6.07, 6.45) is 1.71. The van der Waals surface area contributed by atoms with Crippen molar-refractivity contribution in [3.05, 3.63) is 54.3 Å². The summed E-state index contributed by atoms with van der Waals surface area (Å²) in [6.45, 7) is 7.33. The van der Waals surface area contributed by atoms with Crippen LogP contribution >= 0.6 is 0 Å². The molecule has 2 aromatic carbocycles. The maximum absolute atomic E-state index is 14.0. The van der Waals surface area contributed by atoms with Crippen LogP contribution in [0.5, 0.6) is 0 Å². The molecule has 1 heterocycles. The molecule has 27 heavy (non-hydrogen) atoms. The predicted octanol–water partition coefficient (Wildman–Crippen LogP) is 4.53. The second-order valence-electron chi connectivity index (χ2n) is 6.98. The van der Waals surface area contributed by atoms with Crippen LogP contribution in [-0.2, 0) is 4.79 Å². The lowest BCUT2D eigenvalue weighted by Gasteiger charge is -2.37. The minimum Gasteiger partial charge on any atom is -0.368 e. The second-order valence-corrected chi connectivity index (χ2v) is 6.98. The number of hydrogen-bond acceptors (Lipinski definition) is 3. The molecule has 0 unspecified atom stereocenters. The summed E-state index contributed by atoms with van der Waals surface area (Å²) in [5.74, 6) is -0.00843. The van der Waals surface area contributed by atoms with Crippen LogP contribution in [0.3, 0.4) is 0 Å². The molecule has 0 atom stereocenters. The van der Waals surface area contributed by atoms with Gasteiger partial charge in [0, 0.05) is 43.5 Å². The van der Waals surface area contributed by atoms with E-state index in [0.29, 0.717) is 5.69 Å². The molecule has 0 saturated carbocycles. The number of hydrogen-bond donors (Lipinski definition) is 1. The highest BCUT2D eigenvalue weighted by atomic mass is 19.1. The van der Waals surface area contributed by atoms with Crippen molar-refractivity contribution in [3.8, 4) is 0 Å². The number of piperazine rings is 1. The first-order valence-electron chi connectivity index (χ1n) is 9.77. The Hall–Kier alpha value is -2.56. The lowest BCUT2D eigenvalue weighted by molar-refractivity contribution is -0.120. The van der Waals surface area contributed by atoms with Gasteiger partial charge >= 0.3 is 0 Å². The molecule has 144 valence electrons. The fourth-order valence-corrected chi connectivity index (χ4v) is 3.57. The number of benzene rings is 2. The van der Waals surface area contributed by atoms with Gasteiger partial charge in [0.25, 0.3) is 0 Å². The Kier molecular flexibility index (Phi) is 6.32. The average Bonchev–Trinajstić information content (AvgIpc) is 2.70. The van der Waals surface area contributed by atoms with Crippen LogP contribution in [-0.4, -0.2) is 32.1 Å². The molecule has 2 aromatic rings. The lowest BCUT2D eigenvalue weighted by atomic mass is 10.0. The number of para-hydroxylation sites is 1. The smallest absolute Gasteiger partial charge is 0.227 e. The zero-order valence-electron chi connectivity index (χ0n) is 16.1. The number of carbonyl (C=O) groups is 1. The van der Waals surface area contributed by atoms with Crippen molar-refractivity contribution >= 4 is 23.0 Å². The minimum absolute atomic E-state index is 0.0659. The van der Waals surface area contributed by atoms with Crippen LogP contribution in [0.2, 0.25) is 0 Å². The highest BCUT2D eigenvalue weighted by Crippen LogP contribution is 2.24. The van der Waals surface area contributed by atoms with E-state index in [9.17, 15) is 9.18 Å². The highest BCUT2D eigenvalue weighted by Gasteiger charge is 2.20. The van der Waals surface area contributed by atoms with Crippen LogP contribution < -0.4 is 15.1 Å². The van der Waals surface area contributed by atoms with Gasteiger partial charge in [0.05, 0.1) is 5.69 Å². The van der Waals surface area contributed by atoms with Crippen molar-refractivity contribution in [1.29, 1.82) is 0 Å². The molecule has 0 spiro atoms. The first kappa shape index (κ1) is 19.2. The first-order chi connectivity index (χ1) is 13.1. The Morgan fingerprint density at radius 3 is 2.15 bits per heavy atom. The summed E-state index contributed by atoms with van der Waals surface area (Å²) in [6, 6.07) is 14.9. The summed E-state index contributed by atoms with van der Waals surface area (Å²) in [5, 5.41) is 3.00. The van der Waals surface area contributed by atoms with E-state index in [1.54, 1.807) is 6.07 Å². The van der Waals surface area contributed by atoms with Crippen molar-refractivity contribution in [2.75, 3.05) is 41.3 Å². The molecule has 1 aliphatic heterocycles. The van der Waals surface area contributed by atoms with Crippen molar-refractivity contribution in [1.82, 2.24) is 0 Å². The van der Waals surface area contributed by atoms with E-state index >= 15 is 0 Å². The van der Waals surface area contributed by atoms with Crippen molar-refractivity contribution in [2.45, 2.75) is 26.7 Å². The number of carbonyl (C=O) groups excluding carboxylic acids is 1. The quantitative estimate of drug-likeness (QED) is 0.813. The second kappa shape index (κ2) is 8.89. The molecule has 0 aromatic heterocycles. The van der Waals surface area contributed by atoms with Gasteiger partial charge in [0.2, 0.25) is 5.91 Å². The molecule has 1 fully saturated rings. The molecular formula is C22H28FN3O. The van der Waals surface area contributed by atoms with Gasteiger partial charge < -0.3 is 15.1 Å². The van der Waals surface area contributed by atoms with Gasteiger partial charge in [0.15, 0.2) is 0 Å². The van der Waals surface area contributed by atoms with Gasteiger partial charge in [0.1, 0.15) is 5.82 Å². The monoisotopic (exact) mass is 369 g/mol. The van der Waals surface area contributed by atoms with E-state index in [2.05, 4.69) is 15.1 Å². The molecule has 3 rings (SSSR count). The van der Waals surface area contributed by atoms with Crippen LogP contribution in [0.4, 0.5) is 21.5 Å². The first-order valence-corrected chi connectivity index (χ1v) is 9.77. The summed E-state index contributed by atoms with van der Waals surface area (Å²) < 4.78 is 14.0. The standard InChI is InChI=1S/C22H28FN3O/c1-3-17(4-2)22(27)24-18-9-11-19(12-10-18)25-13-15-26(16-14-25)21-8-6-5-7-20(21)23/h5-12,17H,3-4,13-16H2,1-2H3,(H,24,27). The topological polar surface area (TPSA) is 35.6 Å². The maximum atomic E-state index is 14.0. The molecule has 1 saturated heterocycles. The number of amides is 1. The average molecular weight is 369 g/mol. The van der Waals surface area contributed by atoms with Crippen LogP contribution in [0.1, 0.15) is 26.7 Å². The van der Waals surface area contributed by atoms with Gasteiger partial charge in [-0.3, -0.25) is 4.79 Å². The third kappa shape index (κ3) is 4.59. The van der Waals surface area contributed by atoms with E-state index in [-0.39, 0.29) is 17.6 Å². The zero-order chi connectivity index (χ0) is 19.2. The zero-order valence-corrected chi connectivity index (χ0v) is 16.1. The van der Waals surface area contributed by atoms with Gasteiger partial charge in [-0.25, -0.2) is 4.39 Å². The van der Waals surface area contributed by atoms with E-state index in [1.807, 2.05) is 50.2 Å². The molecule has 4 nitrogen and oxygen atoms in total. The van der Waals surface area contributed by atoms with Crippen LogP contribution in [0, 0.1) is 11.7 Å². The van der Waals surface area contributed by atoms with E-state index in [4.69, 9.17) is 0 Å². The predicted molar refractivity (Wildman–Crippen MR) is 110 cm³/mol. The molecule has 5 heteroatoms. The number of anilines is 3. The van der Waals surface area contributed by atoms with E-state index in [0.717, 1.165) is 50.4 Å². The Labute approximate surface area is 161 Å². The summed E-state index contributed by atoms with van der Waals surface area (Å²) in [5.41, 5.74) is 2.64. The molecule has 1 N–H and O–H groups in total. The van der Waals surface area contributed by atoms with Crippen molar-refractivity contribution in [3.63, 3.8) is 0 Å². The van der Waals surface area contributed by atoms with Gasteiger partial charge in [-0.2, -0.15) is 0 Å². The Morgan fingerprint density at radius 2 is 1.56 bits per heavy atom. The number of nitrogens with one attached hydrogen (secondary N) is 1. The fraction of sp³-hybridized carbons (Fsp3) is 0.409.